The molecule has 0 aromatic heterocycles. The average Bonchev–Trinajstić information content (AvgIpc) is 2.99. The van der Waals surface area contributed by atoms with Crippen molar-refractivity contribution in [3.05, 3.63) is 52.6 Å². The first-order valence-electron chi connectivity index (χ1n) is 7.43. The molecule has 0 saturated carbocycles. The zero-order valence-electron chi connectivity index (χ0n) is 13.1. The van der Waals surface area contributed by atoms with Crippen LogP contribution in [0.1, 0.15) is 22.3 Å². The summed E-state index contributed by atoms with van der Waals surface area (Å²) in [6.45, 7) is -0.0191. The Kier molecular flexibility index (Phi) is 4.35. The van der Waals surface area contributed by atoms with Crippen molar-refractivity contribution >= 4 is 0 Å². The van der Waals surface area contributed by atoms with E-state index in [1.807, 2.05) is 0 Å². The zero-order valence-corrected chi connectivity index (χ0v) is 13.1. The molecular formula is C17H9F9O. The predicted octanol–water partition coefficient (Wildman–Crippen LogP) is 6.34. The lowest BCUT2D eigenvalue weighted by molar-refractivity contribution is -0.143. The van der Waals surface area contributed by atoms with Crippen LogP contribution in [0.5, 0.6) is 5.75 Å². The monoisotopic (exact) mass is 400 g/mol. The van der Waals surface area contributed by atoms with Crippen LogP contribution in [-0.4, -0.2) is 6.61 Å². The molecule has 0 amide bonds. The van der Waals surface area contributed by atoms with E-state index in [1.54, 1.807) is 0 Å². The van der Waals surface area contributed by atoms with Crippen LogP contribution in [0.4, 0.5) is 39.5 Å². The molecule has 0 N–H and O–H groups in total. The molecule has 0 aliphatic carbocycles. The molecule has 0 bridgehead atoms. The van der Waals surface area contributed by atoms with Crippen LogP contribution in [-0.2, 0) is 24.9 Å². The summed E-state index contributed by atoms with van der Waals surface area (Å²) in [6.07, 6.45) is -15.0. The molecule has 0 unspecified atom stereocenters. The molecule has 2 aromatic rings. The topological polar surface area (TPSA) is 9.23 Å². The third-order valence-corrected chi connectivity index (χ3v) is 4.01. The summed E-state index contributed by atoms with van der Waals surface area (Å²) < 4.78 is 123. The van der Waals surface area contributed by atoms with Gasteiger partial charge in [-0.25, -0.2) is 0 Å². The molecule has 1 aliphatic heterocycles. The fourth-order valence-corrected chi connectivity index (χ4v) is 2.80. The molecule has 27 heavy (non-hydrogen) atoms. The Hall–Kier alpha value is -2.39. The summed E-state index contributed by atoms with van der Waals surface area (Å²) in [5.41, 5.74) is -5.44. The van der Waals surface area contributed by atoms with Crippen LogP contribution in [0.25, 0.3) is 11.1 Å². The Morgan fingerprint density at radius 1 is 0.630 bits per heavy atom. The van der Waals surface area contributed by atoms with E-state index >= 15 is 0 Å². The van der Waals surface area contributed by atoms with Crippen LogP contribution < -0.4 is 4.74 Å². The first-order valence-corrected chi connectivity index (χ1v) is 7.43. The van der Waals surface area contributed by atoms with E-state index in [1.165, 1.54) is 0 Å². The van der Waals surface area contributed by atoms with Crippen molar-refractivity contribution < 1.29 is 44.3 Å². The van der Waals surface area contributed by atoms with E-state index in [2.05, 4.69) is 0 Å². The molecule has 0 atom stereocenters. The van der Waals surface area contributed by atoms with Gasteiger partial charge < -0.3 is 4.74 Å². The normalized spacial score (nSPS) is 14.9. The largest absolute Gasteiger partial charge is 0.492 e. The van der Waals surface area contributed by atoms with Gasteiger partial charge in [0.1, 0.15) is 5.75 Å². The first kappa shape index (κ1) is 19.4. The van der Waals surface area contributed by atoms with Gasteiger partial charge in [-0.15, -0.1) is 0 Å². The van der Waals surface area contributed by atoms with Crippen molar-refractivity contribution in [3.8, 4) is 16.9 Å². The van der Waals surface area contributed by atoms with Gasteiger partial charge in [-0.05, 0) is 41.5 Å². The second-order valence-electron chi connectivity index (χ2n) is 5.90. The summed E-state index contributed by atoms with van der Waals surface area (Å²) >= 11 is 0. The van der Waals surface area contributed by atoms with Crippen molar-refractivity contribution in [1.82, 2.24) is 0 Å². The lowest BCUT2D eigenvalue weighted by Crippen LogP contribution is -2.11. The Labute approximate surface area is 146 Å². The lowest BCUT2D eigenvalue weighted by atomic mass is 9.94. The van der Waals surface area contributed by atoms with Crippen molar-refractivity contribution in [2.75, 3.05) is 6.61 Å². The average molecular weight is 400 g/mol. The molecule has 146 valence electrons. The van der Waals surface area contributed by atoms with Gasteiger partial charge in [0, 0.05) is 12.0 Å². The second-order valence-corrected chi connectivity index (χ2v) is 5.90. The van der Waals surface area contributed by atoms with Crippen molar-refractivity contribution in [2.45, 2.75) is 24.9 Å². The molecule has 3 rings (SSSR count). The molecule has 0 spiro atoms. The SMILES string of the molecule is FC(F)(F)c1cc(-c2cc(C(F)(F)F)cc3c2OCC3)cc(C(F)(F)F)c1. The highest BCUT2D eigenvalue weighted by Gasteiger charge is 2.38. The minimum absolute atomic E-state index is 0.0191. The molecule has 0 fully saturated rings. The van der Waals surface area contributed by atoms with Gasteiger partial charge >= 0.3 is 18.5 Å². The zero-order chi connectivity index (χ0) is 20.2. The summed E-state index contributed by atoms with van der Waals surface area (Å²) in [5.74, 6) is -0.143. The van der Waals surface area contributed by atoms with Gasteiger partial charge in [0.25, 0.3) is 0 Å². The predicted molar refractivity (Wildman–Crippen MR) is 76.1 cm³/mol. The molecule has 0 saturated heterocycles. The quantitative estimate of drug-likeness (QED) is 0.508. The minimum atomic E-state index is -5.11. The third-order valence-electron chi connectivity index (χ3n) is 4.01. The fourth-order valence-electron chi connectivity index (χ4n) is 2.80. The highest BCUT2D eigenvalue weighted by Crippen LogP contribution is 2.45. The highest BCUT2D eigenvalue weighted by atomic mass is 19.4. The van der Waals surface area contributed by atoms with Crippen LogP contribution in [0.3, 0.4) is 0 Å². The van der Waals surface area contributed by atoms with Crippen molar-refractivity contribution in [3.63, 3.8) is 0 Å². The number of fused-ring (bicyclic) bond motifs is 1. The van der Waals surface area contributed by atoms with Crippen LogP contribution in [0, 0.1) is 0 Å². The summed E-state index contributed by atoms with van der Waals surface area (Å²) in [7, 11) is 0. The van der Waals surface area contributed by atoms with E-state index in [0.29, 0.717) is 18.2 Å². The van der Waals surface area contributed by atoms with E-state index in [4.69, 9.17) is 4.74 Å². The molecular weight excluding hydrogens is 391 g/mol. The first-order chi connectivity index (χ1) is 12.3. The van der Waals surface area contributed by atoms with Crippen LogP contribution >= 0.6 is 0 Å². The summed E-state index contributed by atoms with van der Waals surface area (Å²) in [6, 6.07) is 1.96. The maximum absolute atomic E-state index is 13.1. The van der Waals surface area contributed by atoms with E-state index in [-0.39, 0.29) is 30.4 Å². The Morgan fingerprint density at radius 3 is 1.59 bits per heavy atom. The van der Waals surface area contributed by atoms with Crippen molar-refractivity contribution in [1.29, 1.82) is 0 Å². The van der Waals surface area contributed by atoms with E-state index in [9.17, 15) is 39.5 Å². The number of ether oxygens (including phenoxy) is 1. The van der Waals surface area contributed by atoms with Gasteiger partial charge in [-0.1, -0.05) is 0 Å². The standard InChI is InChI=1S/C17H9F9O/c18-15(19,20)10-4-9(5-11(6-10)16(21,22)23)13-7-12(17(24,25)26)3-8-1-2-27-14(8)13/h3-7H,1-2H2. The Balaban J connectivity index is 2.29. The second kappa shape index (κ2) is 6.07. The number of rotatable bonds is 1. The van der Waals surface area contributed by atoms with E-state index < -0.39 is 46.3 Å². The van der Waals surface area contributed by atoms with Gasteiger partial charge in [0.05, 0.1) is 23.3 Å². The Morgan fingerprint density at radius 2 is 1.11 bits per heavy atom. The molecule has 0 radical (unpaired) electrons. The molecule has 1 heterocycles. The Bertz CT molecular complexity index is 843. The molecule has 1 aliphatic rings. The summed E-state index contributed by atoms with van der Waals surface area (Å²) in [5, 5.41) is 0. The molecule has 2 aromatic carbocycles. The van der Waals surface area contributed by atoms with Crippen LogP contribution in [0.2, 0.25) is 0 Å². The third kappa shape index (κ3) is 3.84. The number of hydrogen-bond acceptors (Lipinski definition) is 1. The van der Waals surface area contributed by atoms with Gasteiger partial charge in [0.2, 0.25) is 0 Å². The number of alkyl halides is 9. The summed E-state index contributed by atoms with van der Waals surface area (Å²) in [4.78, 5) is 0. The van der Waals surface area contributed by atoms with Crippen LogP contribution in [0.15, 0.2) is 30.3 Å². The van der Waals surface area contributed by atoms with E-state index in [0.717, 1.165) is 6.07 Å². The molecule has 1 nitrogen and oxygen atoms in total. The number of halogens is 9. The minimum Gasteiger partial charge on any atom is -0.492 e. The highest BCUT2D eigenvalue weighted by molar-refractivity contribution is 5.75. The van der Waals surface area contributed by atoms with Gasteiger partial charge in [-0.3, -0.25) is 0 Å². The fraction of sp³-hybridized carbons (Fsp3) is 0.294. The van der Waals surface area contributed by atoms with Crippen molar-refractivity contribution in [2.24, 2.45) is 0 Å². The van der Waals surface area contributed by atoms with Gasteiger partial charge in [0.15, 0.2) is 0 Å². The number of hydrogen-bond donors (Lipinski definition) is 0. The maximum atomic E-state index is 13.1. The lowest BCUT2D eigenvalue weighted by Gasteiger charge is -2.17. The molecule has 10 heteroatoms. The maximum Gasteiger partial charge on any atom is 0.416 e. The number of benzene rings is 2. The smallest absolute Gasteiger partial charge is 0.416 e. The van der Waals surface area contributed by atoms with Gasteiger partial charge in [-0.2, -0.15) is 39.5 Å².